The summed E-state index contributed by atoms with van der Waals surface area (Å²) in [4.78, 5) is 0. The van der Waals surface area contributed by atoms with E-state index in [1.54, 1.807) is 6.08 Å². The third kappa shape index (κ3) is 2.47. The molecule has 0 aliphatic rings. The third-order valence-corrected chi connectivity index (χ3v) is 2.35. The minimum atomic E-state index is 0.902. The number of rotatable bonds is 3. The van der Waals surface area contributed by atoms with Gasteiger partial charge < -0.3 is 0 Å². The molecule has 0 heterocycles. The Hall–Kier alpha value is -1.55. The lowest BCUT2D eigenvalue weighted by atomic mass is 10.0. The predicted octanol–water partition coefficient (Wildman–Crippen LogP) is 3.57. The van der Waals surface area contributed by atoms with Crippen molar-refractivity contribution in [3.63, 3.8) is 0 Å². The van der Waals surface area contributed by atoms with Gasteiger partial charge in [0.15, 0.2) is 0 Å². The molecular formula is C13H15N. The van der Waals surface area contributed by atoms with Crippen LogP contribution in [-0.2, 0) is 6.42 Å². The van der Waals surface area contributed by atoms with E-state index < -0.39 is 0 Å². The van der Waals surface area contributed by atoms with Gasteiger partial charge in [0.2, 0.25) is 0 Å². The highest BCUT2D eigenvalue weighted by Crippen LogP contribution is 2.18. The molecule has 72 valence electrons. The van der Waals surface area contributed by atoms with Crippen molar-refractivity contribution in [3.8, 4) is 6.07 Å². The van der Waals surface area contributed by atoms with E-state index in [1.807, 2.05) is 0 Å². The molecule has 0 spiro atoms. The van der Waals surface area contributed by atoms with Crippen LogP contribution in [0.3, 0.4) is 0 Å². The first-order chi connectivity index (χ1) is 6.81. The highest BCUT2D eigenvalue weighted by molar-refractivity contribution is 5.67. The minimum Gasteiger partial charge on any atom is -0.193 e. The number of aryl methyl sites for hydroxylation is 1. The van der Waals surface area contributed by atoms with Crippen LogP contribution in [0.4, 0.5) is 0 Å². The number of nitrogens with zero attached hydrogens (tertiary/aromatic N) is 1. The standard InChI is InChI=1S/C13H15N/c1-3-11-5-7-13(8-6-11)12(4-2)9-10-14/h5-9H,3-4H2,1-2H3/b12-9-. The summed E-state index contributed by atoms with van der Waals surface area (Å²) in [5, 5.41) is 8.60. The maximum Gasteiger partial charge on any atom is 0.0915 e. The van der Waals surface area contributed by atoms with Crippen molar-refractivity contribution in [2.24, 2.45) is 0 Å². The molecule has 0 aliphatic carbocycles. The second-order valence-corrected chi connectivity index (χ2v) is 3.20. The van der Waals surface area contributed by atoms with Gasteiger partial charge in [-0.2, -0.15) is 5.26 Å². The number of allylic oxidation sites excluding steroid dienone is 2. The van der Waals surface area contributed by atoms with Gasteiger partial charge in [0.05, 0.1) is 6.07 Å². The molecule has 0 fully saturated rings. The zero-order valence-corrected chi connectivity index (χ0v) is 8.75. The van der Waals surface area contributed by atoms with Crippen LogP contribution in [-0.4, -0.2) is 0 Å². The van der Waals surface area contributed by atoms with Crippen LogP contribution in [0.5, 0.6) is 0 Å². The maximum absolute atomic E-state index is 8.60. The average Bonchev–Trinajstić information content (AvgIpc) is 2.26. The fraction of sp³-hybridized carbons (Fsp3) is 0.308. The number of hydrogen-bond acceptors (Lipinski definition) is 1. The molecule has 0 aliphatic heterocycles. The molecule has 14 heavy (non-hydrogen) atoms. The first kappa shape index (κ1) is 10.5. The molecular weight excluding hydrogens is 170 g/mol. The second kappa shape index (κ2) is 5.24. The van der Waals surface area contributed by atoms with Gasteiger partial charge in [-0.3, -0.25) is 0 Å². The van der Waals surface area contributed by atoms with Gasteiger partial charge in [-0.05, 0) is 29.5 Å². The van der Waals surface area contributed by atoms with E-state index in [4.69, 9.17) is 5.26 Å². The molecule has 1 aromatic rings. The monoisotopic (exact) mass is 185 g/mol. The Bertz CT molecular complexity index is 352. The maximum atomic E-state index is 8.60. The topological polar surface area (TPSA) is 23.8 Å². The van der Waals surface area contributed by atoms with E-state index in [0.717, 1.165) is 24.0 Å². The predicted molar refractivity (Wildman–Crippen MR) is 59.7 cm³/mol. The lowest BCUT2D eigenvalue weighted by Crippen LogP contribution is -1.84. The summed E-state index contributed by atoms with van der Waals surface area (Å²) >= 11 is 0. The van der Waals surface area contributed by atoms with Gasteiger partial charge in [-0.25, -0.2) is 0 Å². The van der Waals surface area contributed by atoms with Crippen LogP contribution < -0.4 is 0 Å². The van der Waals surface area contributed by atoms with Gasteiger partial charge in [0.1, 0.15) is 0 Å². The quantitative estimate of drug-likeness (QED) is 0.660. The lowest BCUT2D eigenvalue weighted by molar-refractivity contribution is 1.14. The van der Waals surface area contributed by atoms with Crippen LogP contribution in [0.1, 0.15) is 31.4 Å². The van der Waals surface area contributed by atoms with Crippen LogP contribution >= 0.6 is 0 Å². The molecule has 1 nitrogen and oxygen atoms in total. The Balaban J connectivity index is 2.96. The van der Waals surface area contributed by atoms with Crippen LogP contribution in [0.15, 0.2) is 30.3 Å². The zero-order chi connectivity index (χ0) is 10.4. The van der Waals surface area contributed by atoms with Gasteiger partial charge in [-0.15, -0.1) is 0 Å². The van der Waals surface area contributed by atoms with E-state index in [1.165, 1.54) is 5.56 Å². The Morgan fingerprint density at radius 2 is 1.93 bits per heavy atom. The summed E-state index contributed by atoms with van der Waals surface area (Å²) in [6.45, 7) is 4.21. The Kier molecular flexibility index (Phi) is 3.94. The first-order valence-electron chi connectivity index (χ1n) is 4.99. The summed E-state index contributed by atoms with van der Waals surface area (Å²) in [5.41, 5.74) is 3.60. The number of nitriles is 1. The lowest BCUT2D eigenvalue weighted by Gasteiger charge is -2.04. The van der Waals surface area contributed by atoms with Crippen molar-refractivity contribution in [2.45, 2.75) is 26.7 Å². The molecule has 0 amide bonds. The fourth-order valence-electron chi connectivity index (χ4n) is 1.42. The molecule has 1 aromatic carbocycles. The summed E-state index contributed by atoms with van der Waals surface area (Å²) < 4.78 is 0. The molecule has 1 heteroatoms. The fourth-order valence-corrected chi connectivity index (χ4v) is 1.42. The van der Waals surface area contributed by atoms with Gasteiger partial charge >= 0.3 is 0 Å². The molecule has 0 saturated carbocycles. The van der Waals surface area contributed by atoms with Crippen LogP contribution in [0, 0.1) is 11.3 Å². The van der Waals surface area contributed by atoms with Crippen molar-refractivity contribution >= 4 is 5.57 Å². The summed E-state index contributed by atoms with van der Waals surface area (Å²) in [7, 11) is 0. The number of hydrogen-bond donors (Lipinski definition) is 0. The summed E-state index contributed by atoms with van der Waals surface area (Å²) in [6.07, 6.45) is 3.59. The Morgan fingerprint density at radius 1 is 1.29 bits per heavy atom. The zero-order valence-electron chi connectivity index (χ0n) is 8.75. The average molecular weight is 185 g/mol. The highest BCUT2D eigenvalue weighted by Gasteiger charge is 1.98. The normalized spacial score (nSPS) is 11.1. The SMILES string of the molecule is CC/C(=C/C#N)c1ccc(CC)cc1. The van der Waals surface area contributed by atoms with Crippen LogP contribution in [0.25, 0.3) is 5.57 Å². The molecule has 1 rings (SSSR count). The largest absolute Gasteiger partial charge is 0.193 e. The van der Waals surface area contributed by atoms with E-state index >= 15 is 0 Å². The van der Waals surface area contributed by atoms with Crippen molar-refractivity contribution < 1.29 is 0 Å². The first-order valence-corrected chi connectivity index (χ1v) is 4.99. The Morgan fingerprint density at radius 3 is 2.36 bits per heavy atom. The molecule has 0 bridgehead atoms. The van der Waals surface area contributed by atoms with Crippen molar-refractivity contribution in [1.82, 2.24) is 0 Å². The minimum absolute atomic E-state index is 0.902. The van der Waals surface area contributed by atoms with Crippen molar-refractivity contribution in [2.75, 3.05) is 0 Å². The van der Waals surface area contributed by atoms with Gasteiger partial charge in [0, 0.05) is 6.08 Å². The van der Waals surface area contributed by atoms with Gasteiger partial charge in [-0.1, -0.05) is 38.1 Å². The highest BCUT2D eigenvalue weighted by atomic mass is 14.2. The Labute approximate surface area is 85.7 Å². The molecule has 0 aromatic heterocycles. The van der Waals surface area contributed by atoms with Crippen LogP contribution in [0.2, 0.25) is 0 Å². The smallest absolute Gasteiger partial charge is 0.0915 e. The molecule has 0 N–H and O–H groups in total. The van der Waals surface area contributed by atoms with E-state index in [9.17, 15) is 0 Å². The van der Waals surface area contributed by atoms with Gasteiger partial charge in [0.25, 0.3) is 0 Å². The molecule has 0 unspecified atom stereocenters. The van der Waals surface area contributed by atoms with E-state index in [2.05, 4.69) is 44.2 Å². The van der Waals surface area contributed by atoms with E-state index in [0.29, 0.717) is 0 Å². The number of benzene rings is 1. The van der Waals surface area contributed by atoms with Crippen molar-refractivity contribution in [3.05, 3.63) is 41.5 Å². The molecule has 0 atom stereocenters. The molecule has 0 radical (unpaired) electrons. The van der Waals surface area contributed by atoms with E-state index in [-0.39, 0.29) is 0 Å². The summed E-state index contributed by atoms with van der Waals surface area (Å²) in [6, 6.07) is 10.5. The third-order valence-electron chi connectivity index (χ3n) is 2.35. The second-order valence-electron chi connectivity index (χ2n) is 3.20. The van der Waals surface area contributed by atoms with Crippen molar-refractivity contribution in [1.29, 1.82) is 5.26 Å². The summed E-state index contributed by atoms with van der Waals surface area (Å²) in [5.74, 6) is 0. The molecule has 0 saturated heterocycles.